The third-order valence-corrected chi connectivity index (χ3v) is 3.29. The van der Waals surface area contributed by atoms with Crippen molar-refractivity contribution in [3.05, 3.63) is 35.9 Å². The van der Waals surface area contributed by atoms with E-state index < -0.39 is 9.84 Å². The third kappa shape index (κ3) is 2.91. The summed E-state index contributed by atoms with van der Waals surface area (Å²) in [7, 11) is -3.18. The fourth-order valence-electron chi connectivity index (χ4n) is 1.40. The van der Waals surface area contributed by atoms with E-state index in [2.05, 4.69) is 0 Å². The van der Waals surface area contributed by atoms with Crippen LogP contribution >= 0.6 is 0 Å². The van der Waals surface area contributed by atoms with Crippen LogP contribution in [0.15, 0.2) is 35.2 Å². The SMILES string of the molecule is C/C(=C\CN)c1ccccc1S(C)(=O)=O. The highest BCUT2D eigenvalue weighted by molar-refractivity contribution is 7.90. The molecule has 0 saturated heterocycles. The highest BCUT2D eigenvalue weighted by Gasteiger charge is 2.12. The van der Waals surface area contributed by atoms with Crippen molar-refractivity contribution in [3.8, 4) is 0 Å². The van der Waals surface area contributed by atoms with Crippen LogP contribution in [-0.4, -0.2) is 21.2 Å². The van der Waals surface area contributed by atoms with Gasteiger partial charge in [0.25, 0.3) is 0 Å². The lowest BCUT2D eigenvalue weighted by molar-refractivity contribution is 0.601. The average Bonchev–Trinajstić information content (AvgIpc) is 2.17. The van der Waals surface area contributed by atoms with Gasteiger partial charge in [0, 0.05) is 12.8 Å². The van der Waals surface area contributed by atoms with Gasteiger partial charge in [-0.1, -0.05) is 24.3 Å². The molecule has 0 unspecified atom stereocenters. The Morgan fingerprint density at radius 3 is 2.53 bits per heavy atom. The molecule has 3 nitrogen and oxygen atoms in total. The van der Waals surface area contributed by atoms with Crippen molar-refractivity contribution in [3.63, 3.8) is 0 Å². The molecular formula is C11H15NO2S. The Hall–Kier alpha value is -1.13. The zero-order chi connectivity index (χ0) is 11.5. The maximum atomic E-state index is 11.5. The van der Waals surface area contributed by atoms with Crippen molar-refractivity contribution >= 4 is 15.4 Å². The molecule has 1 aromatic rings. The normalized spacial score (nSPS) is 12.9. The number of sulfone groups is 1. The minimum absolute atomic E-state index is 0.354. The van der Waals surface area contributed by atoms with Crippen LogP contribution in [0.2, 0.25) is 0 Å². The first kappa shape index (κ1) is 11.9. The van der Waals surface area contributed by atoms with Crippen LogP contribution in [0.3, 0.4) is 0 Å². The van der Waals surface area contributed by atoms with Gasteiger partial charge in [0.2, 0.25) is 0 Å². The summed E-state index contributed by atoms with van der Waals surface area (Å²) in [6.45, 7) is 2.26. The van der Waals surface area contributed by atoms with Crippen molar-refractivity contribution in [1.82, 2.24) is 0 Å². The Kier molecular flexibility index (Phi) is 3.66. The topological polar surface area (TPSA) is 60.2 Å². The number of rotatable bonds is 3. The van der Waals surface area contributed by atoms with Gasteiger partial charge < -0.3 is 5.73 Å². The van der Waals surface area contributed by atoms with E-state index in [0.717, 1.165) is 11.1 Å². The van der Waals surface area contributed by atoms with Gasteiger partial charge in [-0.25, -0.2) is 8.42 Å². The molecule has 2 N–H and O–H groups in total. The summed E-state index contributed by atoms with van der Waals surface area (Å²) in [5, 5.41) is 0. The molecule has 0 aliphatic heterocycles. The third-order valence-electron chi connectivity index (χ3n) is 2.14. The molecule has 0 spiro atoms. The Morgan fingerprint density at radius 2 is 2.00 bits per heavy atom. The number of allylic oxidation sites excluding steroid dienone is 1. The van der Waals surface area contributed by atoms with Crippen LogP contribution in [-0.2, 0) is 9.84 Å². The van der Waals surface area contributed by atoms with Gasteiger partial charge in [-0.2, -0.15) is 0 Å². The highest BCUT2D eigenvalue weighted by atomic mass is 32.2. The second kappa shape index (κ2) is 4.59. The molecule has 1 aromatic carbocycles. The van der Waals surface area contributed by atoms with E-state index in [-0.39, 0.29) is 0 Å². The summed E-state index contributed by atoms with van der Waals surface area (Å²) in [5.74, 6) is 0. The molecule has 0 fully saturated rings. The Morgan fingerprint density at radius 1 is 1.40 bits per heavy atom. The second-order valence-corrected chi connectivity index (χ2v) is 5.38. The van der Waals surface area contributed by atoms with Gasteiger partial charge in [0.15, 0.2) is 9.84 Å². The average molecular weight is 225 g/mol. The van der Waals surface area contributed by atoms with Crippen molar-refractivity contribution in [2.75, 3.05) is 12.8 Å². The Labute approximate surface area is 90.5 Å². The molecule has 0 amide bonds. The first-order chi connectivity index (χ1) is 6.96. The molecule has 0 aromatic heterocycles. The van der Waals surface area contributed by atoms with E-state index in [1.165, 1.54) is 6.26 Å². The smallest absolute Gasteiger partial charge is 0.176 e. The molecule has 0 aliphatic rings. The molecule has 0 saturated carbocycles. The van der Waals surface area contributed by atoms with Gasteiger partial charge in [-0.3, -0.25) is 0 Å². The van der Waals surface area contributed by atoms with Gasteiger partial charge >= 0.3 is 0 Å². The van der Waals surface area contributed by atoms with Gasteiger partial charge in [0.1, 0.15) is 0 Å². The molecule has 0 aliphatic carbocycles. The lowest BCUT2D eigenvalue weighted by Gasteiger charge is -2.07. The summed E-state index contributed by atoms with van der Waals surface area (Å²) >= 11 is 0. The Balaban J connectivity index is 3.37. The van der Waals surface area contributed by atoms with Crippen LogP contribution < -0.4 is 5.73 Å². The summed E-state index contributed by atoms with van der Waals surface area (Å²) in [6, 6.07) is 6.93. The molecule has 4 heteroatoms. The van der Waals surface area contributed by atoms with Gasteiger partial charge in [-0.05, 0) is 24.1 Å². The van der Waals surface area contributed by atoms with E-state index in [4.69, 9.17) is 5.73 Å². The highest BCUT2D eigenvalue weighted by Crippen LogP contribution is 2.22. The fourth-order valence-corrected chi connectivity index (χ4v) is 2.36. The lowest BCUT2D eigenvalue weighted by Crippen LogP contribution is -2.02. The molecule has 15 heavy (non-hydrogen) atoms. The molecule has 0 bridgehead atoms. The summed E-state index contributed by atoms with van der Waals surface area (Å²) in [5.41, 5.74) is 7.01. The van der Waals surface area contributed by atoms with Crippen LogP contribution in [0.4, 0.5) is 0 Å². The monoisotopic (exact) mass is 225 g/mol. The zero-order valence-electron chi connectivity index (χ0n) is 8.90. The minimum Gasteiger partial charge on any atom is -0.327 e. The quantitative estimate of drug-likeness (QED) is 0.847. The maximum Gasteiger partial charge on any atom is 0.176 e. The van der Waals surface area contributed by atoms with E-state index >= 15 is 0 Å². The van der Waals surface area contributed by atoms with Crippen molar-refractivity contribution < 1.29 is 8.42 Å². The predicted octanol–water partition coefficient (Wildman–Crippen LogP) is 1.45. The molecular weight excluding hydrogens is 210 g/mol. The molecule has 0 radical (unpaired) electrons. The lowest BCUT2D eigenvalue weighted by atomic mass is 10.1. The Bertz CT molecular complexity index is 475. The predicted molar refractivity (Wildman–Crippen MR) is 62.3 cm³/mol. The standard InChI is InChI=1S/C11H15NO2S/c1-9(7-8-12)10-5-3-4-6-11(10)15(2,13)14/h3-7H,8,12H2,1-2H3/b9-7+. The molecule has 82 valence electrons. The molecule has 1 rings (SSSR count). The maximum absolute atomic E-state index is 11.5. The van der Waals surface area contributed by atoms with Crippen LogP contribution in [0.5, 0.6) is 0 Å². The molecule has 0 atom stereocenters. The van der Waals surface area contributed by atoms with Crippen LogP contribution in [0.1, 0.15) is 12.5 Å². The largest absolute Gasteiger partial charge is 0.327 e. The first-order valence-corrected chi connectivity index (χ1v) is 6.52. The van der Waals surface area contributed by atoms with Crippen LogP contribution in [0.25, 0.3) is 5.57 Å². The number of hydrogen-bond donors (Lipinski definition) is 1. The minimum atomic E-state index is -3.18. The van der Waals surface area contributed by atoms with E-state index in [1.54, 1.807) is 18.2 Å². The number of benzene rings is 1. The van der Waals surface area contributed by atoms with Gasteiger partial charge in [0.05, 0.1) is 4.90 Å². The van der Waals surface area contributed by atoms with E-state index in [0.29, 0.717) is 11.4 Å². The van der Waals surface area contributed by atoms with Crippen molar-refractivity contribution in [1.29, 1.82) is 0 Å². The number of nitrogens with two attached hydrogens (primary N) is 1. The number of hydrogen-bond acceptors (Lipinski definition) is 3. The second-order valence-electron chi connectivity index (χ2n) is 3.39. The van der Waals surface area contributed by atoms with Crippen molar-refractivity contribution in [2.24, 2.45) is 5.73 Å². The fraction of sp³-hybridized carbons (Fsp3) is 0.273. The van der Waals surface area contributed by atoms with Crippen molar-refractivity contribution in [2.45, 2.75) is 11.8 Å². The summed E-state index contributed by atoms with van der Waals surface area (Å²) < 4.78 is 23.0. The zero-order valence-corrected chi connectivity index (χ0v) is 9.71. The first-order valence-electron chi connectivity index (χ1n) is 4.63. The van der Waals surface area contributed by atoms with E-state index in [9.17, 15) is 8.42 Å². The van der Waals surface area contributed by atoms with E-state index in [1.807, 2.05) is 19.1 Å². The molecule has 0 heterocycles. The van der Waals surface area contributed by atoms with Gasteiger partial charge in [-0.15, -0.1) is 0 Å². The summed E-state index contributed by atoms with van der Waals surface area (Å²) in [6.07, 6.45) is 3.02. The van der Waals surface area contributed by atoms with Crippen LogP contribution in [0, 0.1) is 0 Å². The summed E-state index contributed by atoms with van der Waals surface area (Å²) in [4.78, 5) is 0.354.